The van der Waals surface area contributed by atoms with Crippen LogP contribution in [0, 0.1) is 12.8 Å². The van der Waals surface area contributed by atoms with Gasteiger partial charge in [-0.1, -0.05) is 6.92 Å². The Labute approximate surface area is 101 Å². The zero-order valence-electron chi connectivity index (χ0n) is 10.4. The number of aryl methyl sites for hydroxylation is 1. The van der Waals surface area contributed by atoms with Gasteiger partial charge in [-0.15, -0.1) is 0 Å². The van der Waals surface area contributed by atoms with E-state index in [1.807, 2.05) is 0 Å². The van der Waals surface area contributed by atoms with Gasteiger partial charge >= 0.3 is 5.97 Å². The van der Waals surface area contributed by atoms with Crippen molar-refractivity contribution in [2.24, 2.45) is 5.92 Å². The van der Waals surface area contributed by atoms with Gasteiger partial charge in [-0.2, -0.15) is 0 Å². The molecule has 0 radical (unpaired) electrons. The molecule has 0 saturated heterocycles. The quantitative estimate of drug-likeness (QED) is 0.826. The minimum Gasteiger partial charge on any atom is -0.478 e. The lowest BCUT2D eigenvalue weighted by molar-refractivity contribution is 0.0695. The van der Waals surface area contributed by atoms with E-state index in [9.17, 15) is 4.79 Å². The Hall–Kier alpha value is -1.29. The molecule has 17 heavy (non-hydrogen) atoms. The Bertz CT molecular complexity index is 407. The monoisotopic (exact) mass is 237 g/mol. The van der Waals surface area contributed by atoms with Crippen molar-refractivity contribution in [1.29, 1.82) is 0 Å². The van der Waals surface area contributed by atoms with E-state index in [1.165, 1.54) is 12.8 Å². The van der Waals surface area contributed by atoms with Crippen LogP contribution in [0.5, 0.6) is 0 Å². The number of hydrogen-bond donors (Lipinski definition) is 1. The Balaban J connectivity index is 2.00. The van der Waals surface area contributed by atoms with Gasteiger partial charge in [0.25, 0.3) is 0 Å². The van der Waals surface area contributed by atoms with E-state index < -0.39 is 5.97 Å². The molecule has 0 bridgehead atoms. The Morgan fingerprint density at radius 1 is 1.59 bits per heavy atom. The fraction of sp³-hybridized carbons (Fsp3) is 0.615. The highest BCUT2D eigenvalue weighted by molar-refractivity contribution is 5.88. The molecule has 94 valence electrons. The van der Waals surface area contributed by atoms with Crippen molar-refractivity contribution in [2.45, 2.75) is 33.2 Å². The SMILES string of the molecule is CCN(Cc1cc(C(=O)O)c(C)o1)CC1CC1. The molecule has 0 atom stereocenters. The Morgan fingerprint density at radius 2 is 2.29 bits per heavy atom. The van der Waals surface area contributed by atoms with Crippen LogP contribution in [-0.2, 0) is 6.54 Å². The molecule has 2 rings (SSSR count). The second-order valence-corrected chi connectivity index (χ2v) is 4.76. The van der Waals surface area contributed by atoms with Crippen molar-refractivity contribution in [1.82, 2.24) is 4.90 Å². The maximum atomic E-state index is 10.9. The van der Waals surface area contributed by atoms with Crippen LogP contribution in [0.4, 0.5) is 0 Å². The topological polar surface area (TPSA) is 53.7 Å². The van der Waals surface area contributed by atoms with Gasteiger partial charge in [0.2, 0.25) is 0 Å². The van der Waals surface area contributed by atoms with Crippen molar-refractivity contribution in [3.8, 4) is 0 Å². The van der Waals surface area contributed by atoms with Gasteiger partial charge in [0.05, 0.1) is 6.54 Å². The second-order valence-electron chi connectivity index (χ2n) is 4.76. The van der Waals surface area contributed by atoms with Gasteiger partial charge in [0, 0.05) is 6.54 Å². The molecule has 0 spiro atoms. The third kappa shape index (κ3) is 3.09. The number of rotatable bonds is 6. The Kier molecular flexibility index (Phi) is 3.52. The van der Waals surface area contributed by atoms with E-state index in [4.69, 9.17) is 9.52 Å². The maximum absolute atomic E-state index is 10.9. The number of aromatic carboxylic acids is 1. The van der Waals surface area contributed by atoms with Crippen LogP contribution in [0.3, 0.4) is 0 Å². The molecule has 1 aliphatic carbocycles. The standard InChI is InChI=1S/C13H19NO3/c1-3-14(7-10-4-5-10)8-11-6-12(13(15)16)9(2)17-11/h6,10H,3-5,7-8H2,1-2H3,(H,15,16). The zero-order valence-corrected chi connectivity index (χ0v) is 10.4. The van der Waals surface area contributed by atoms with Crippen molar-refractivity contribution in [3.05, 3.63) is 23.2 Å². The third-order valence-corrected chi connectivity index (χ3v) is 3.24. The van der Waals surface area contributed by atoms with Crippen LogP contribution in [-0.4, -0.2) is 29.1 Å². The molecule has 0 aromatic carbocycles. The van der Waals surface area contributed by atoms with E-state index in [0.29, 0.717) is 12.3 Å². The van der Waals surface area contributed by atoms with Crippen molar-refractivity contribution in [2.75, 3.05) is 13.1 Å². The summed E-state index contributed by atoms with van der Waals surface area (Å²) in [6.45, 7) is 6.60. The summed E-state index contributed by atoms with van der Waals surface area (Å²) < 4.78 is 5.49. The van der Waals surface area contributed by atoms with Gasteiger partial charge in [0.1, 0.15) is 17.1 Å². The van der Waals surface area contributed by atoms with Crippen LogP contribution in [0.25, 0.3) is 0 Å². The molecule has 1 aromatic heterocycles. The summed E-state index contributed by atoms with van der Waals surface area (Å²) in [6.07, 6.45) is 2.65. The summed E-state index contributed by atoms with van der Waals surface area (Å²) in [4.78, 5) is 13.2. The summed E-state index contributed by atoms with van der Waals surface area (Å²) >= 11 is 0. The average Bonchev–Trinajstić information content (AvgIpc) is 3.00. The minimum atomic E-state index is -0.914. The number of carboxylic acids is 1. The summed E-state index contributed by atoms with van der Waals surface area (Å²) in [5, 5.41) is 8.95. The molecule has 1 aliphatic rings. The first-order valence-electron chi connectivity index (χ1n) is 6.15. The van der Waals surface area contributed by atoms with Crippen LogP contribution >= 0.6 is 0 Å². The molecule has 0 unspecified atom stereocenters. The summed E-state index contributed by atoms with van der Waals surface area (Å²) in [5.41, 5.74) is 0.280. The molecule has 0 aliphatic heterocycles. The van der Waals surface area contributed by atoms with E-state index in [0.717, 1.165) is 24.8 Å². The molecule has 1 saturated carbocycles. The average molecular weight is 237 g/mol. The highest BCUT2D eigenvalue weighted by Crippen LogP contribution is 2.30. The van der Waals surface area contributed by atoms with Crippen molar-refractivity contribution >= 4 is 5.97 Å². The largest absolute Gasteiger partial charge is 0.478 e. The lowest BCUT2D eigenvalue weighted by Crippen LogP contribution is -2.24. The summed E-state index contributed by atoms with van der Waals surface area (Å²) in [7, 11) is 0. The maximum Gasteiger partial charge on any atom is 0.339 e. The van der Waals surface area contributed by atoms with E-state index >= 15 is 0 Å². The third-order valence-electron chi connectivity index (χ3n) is 3.24. The number of carbonyl (C=O) groups is 1. The van der Waals surface area contributed by atoms with Gasteiger partial charge in [-0.3, -0.25) is 4.90 Å². The first-order valence-corrected chi connectivity index (χ1v) is 6.15. The summed E-state index contributed by atoms with van der Waals surface area (Å²) in [5.74, 6) is 1.17. The van der Waals surface area contributed by atoms with Gasteiger partial charge in [-0.25, -0.2) is 4.79 Å². The number of nitrogens with zero attached hydrogens (tertiary/aromatic N) is 1. The number of carboxylic acid groups (broad SMARTS) is 1. The van der Waals surface area contributed by atoms with Crippen molar-refractivity contribution < 1.29 is 14.3 Å². The van der Waals surface area contributed by atoms with Gasteiger partial charge in [-0.05, 0) is 38.3 Å². The zero-order chi connectivity index (χ0) is 12.4. The molecule has 1 heterocycles. The van der Waals surface area contributed by atoms with Gasteiger partial charge < -0.3 is 9.52 Å². The predicted molar refractivity (Wildman–Crippen MR) is 64.1 cm³/mol. The molecule has 4 nitrogen and oxygen atoms in total. The van der Waals surface area contributed by atoms with Crippen LogP contribution in [0.2, 0.25) is 0 Å². The summed E-state index contributed by atoms with van der Waals surface area (Å²) in [6, 6.07) is 1.65. The Morgan fingerprint density at radius 3 is 2.76 bits per heavy atom. The highest BCUT2D eigenvalue weighted by Gasteiger charge is 2.24. The number of hydrogen-bond acceptors (Lipinski definition) is 3. The van der Waals surface area contributed by atoms with E-state index in [1.54, 1.807) is 13.0 Å². The molecular formula is C13H19NO3. The second kappa shape index (κ2) is 4.92. The molecule has 4 heteroatoms. The molecular weight excluding hydrogens is 218 g/mol. The molecule has 1 aromatic rings. The fourth-order valence-corrected chi connectivity index (χ4v) is 2.03. The molecule has 0 amide bonds. The lowest BCUT2D eigenvalue weighted by Gasteiger charge is -2.18. The van der Waals surface area contributed by atoms with E-state index in [2.05, 4.69) is 11.8 Å². The van der Waals surface area contributed by atoms with Crippen LogP contribution < -0.4 is 0 Å². The normalized spacial score (nSPS) is 15.5. The van der Waals surface area contributed by atoms with Crippen LogP contribution in [0.15, 0.2) is 10.5 Å². The molecule has 1 fully saturated rings. The van der Waals surface area contributed by atoms with Gasteiger partial charge in [0.15, 0.2) is 0 Å². The lowest BCUT2D eigenvalue weighted by atomic mass is 10.2. The fourth-order valence-electron chi connectivity index (χ4n) is 2.03. The van der Waals surface area contributed by atoms with Crippen molar-refractivity contribution in [3.63, 3.8) is 0 Å². The predicted octanol–water partition coefficient (Wildman–Crippen LogP) is 2.52. The number of furan rings is 1. The van der Waals surface area contributed by atoms with Crippen LogP contribution in [0.1, 0.15) is 41.6 Å². The first kappa shape index (κ1) is 12.2. The first-order chi connectivity index (χ1) is 8.10. The minimum absolute atomic E-state index is 0.280. The highest BCUT2D eigenvalue weighted by atomic mass is 16.4. The smallest absolute Gasteiger partial charge is 0.339 e. The van der Waals surface area contributed by atoms with E-state index in [-0.39, 0.29) is 5.56 Å². The molecule has 1 N–H and O–H groups in total.